The summed E-state index contributed by atoms with van der Waals surface area (Å²) in [5.41, 5.74) is 5.46. The van der Waals surface area contributed by atoms with E-state index < -0.39 is 0 Å². The van der Waals surface area contributed by atoms with E-state index in [0.717, 1.165) is 19.7 Å². The van der Waals surface area contributed by atoms with Crippen LogP contribution in [-0.4, -0.2) is 51.5 Å². The Kier molecular flexibility index (Phi) is 3.40. The fourth-order valence-corrected chi connectivity index (χ4v) is 1.93. The first-order valence-electron chi connectivity index (χ1n) is 5.65. The van der Waals surface area contributed by atoms with Gasteiger partial charge in [-0.3, -0.25) is 4.90 Å². The maximum absolute atomic E-state index is 5.70. The van der Waals surface area contributed by atoms with Crippen molar-refractivity contribution in [1.82, 2.24) is 19.7 Å². The van der Waals surface area contributed by atoms with Crippen molar-refractivity contribution in [3.63, 3.8) is 0 Å². The van der Waals surface area contributed by atoms with Gasteiger partial charge in [0.1, 0.15) is 6.33 Å². The minimum atomic E-state index is 0.178. The zero-order valence-electron chi connectivity index (χ0n) is 9.83. The molecule has 2 N–H and O–H groups in total. The van der Waals surface area contributed by atoms with Crippen LogP contribution in [0.1, 0.15) is 13.8 Å². The summed E-state index contributed by atoms with van der Waals surface area (Å²) >= 11 is 0. The third-order valence-corrected chi connectivity index (χ3v) is 2.85. The van der Waals surface area contributed by atoms with Gasteiger partial charge in [-0.25, -0.2) is 9.67 Å². The average molecular weight is 225 g/mol. The van der Waals surface area contributed by atoms with Crippen LogP contribution in [0.5, 0.6) is 0 Å². The number of anilines is 1. The molecular weight excluding hydrogens is 206 g/mol. The minimum Gasteiger partial charge on any atom is -0.374 e. The Hall–Kier alpha value is -1.14. The summed E-state index contributed by atoms with van der Waals surface area (Å²) in [6.45, 7) is 7.86. The molecule has 0 amide bonds. The van der Waals surface area contributed by atoms with E-state index in [0.29, 0.717) is 18.5 Å². The zero-order valence-corrected chi connectivity index (χ0v) is 9.83. The van der Waals surface area contributed by atoms with Crippen molar-refractivity contribution in [2.24, 2.45) is 0 Å². The third kappa shape index (κ3) is 2.70. The number of rotatable bonds is 3. The molecule has 0 aromatic carbocycles. The second-order valence-corrected chi connectivity index (χ2v) is 4.41. The summed E-state index contributed by atoms with van der Waals surface area (Å²) in [4.78, 5) is 6.31. The number of hydrogen-bond acceptors (Lipinski definition) is 5. The third-order valence-electron chi connectivity index (χ3n) is 2.85. The van der Waals surface area contributed by atoms with Crippen molar-refractivity contribution in [3.05, 3.63) is 6.33 Å². The second-order valence-electron chi connectivity index (χ2n) is 4.41. The predicted octanol–water partition coefficient (Wildman–Crippen LogP) is -0.0305. The molecule has 90 valence electrons. The first-order chi connectivity index (χ1) is 7.65. The fourth-order valence-electron chi connectivity index (χ4n) is 1.93. The van der Waals surface area contributed by atoms with Crippen LogP contribution in [-0.2, 0) is 11.3 Å². The molecule has 0 aliphatic carbocycles. The number of ether oxygens (including phenoxy) is 1. The topological polar surface area (TPSA) is 69.2 Å². The van der Waals surface area contributed by atoms with Gasteiger partial charge in [0, 0.05) is 19.1 Å². The fraction of sp³-hybridized carbons (Fsp3) is 0.800. The van der Waals surface area contributed by atoms with Gasteiger partial charge in [0.25, 0.3) is 0 Å². The molecule has 1 saturated heterocycles. The molecule has 0 bridgehead atoms. The van der Waals surface area contributed by atoms with Crippen LogP contribution < -0.4 is 5.73 Å². The Labute approximate surface area is 95.4 Å². The van der Waals surface area contributed by atoms with Gasteiger partial charge < -0.3 is 10.5 Å². The standard InChI is InChI=1S/C10H19N5O/c1-8(2)14-3-4-16-9(5-14)6-15-7-12-10(11)13-15/h7-9H,3-6H2,1-2H3,(H2,11,13). The first kappa shape index (κ1) is 11.3. The molecule has 1 aliphatic rings. The number of nitrogens with two attached hydrogens (primary N) is 1. The number of morpholine rings is 1. The maximum Gasteiger partial charge on any atom is 0.239 e. The van der Waals surface area contributed by atoms with E-state index in [2.05, 4.69) is 28.8 Å². The van der Waals surface area contributed by atoms with Crippen LogP contribution in [0.4, 0.5) is 5.95 Å². The van der Waals surface area contributed by atoms with E-state index >= 15 is 0 Å². The number of aromatic nitrogens is 3. The Morgan fingerprint density at radius 2 is 2.44 bits per heavy atom. The lowest BCUT2D eigenvalue weighted by Crippen LogP contribution is -2.47. The van der Waals surface area contributed by atoms with Gasteiger partial charge in [-0.15, -0.1) is 5.10 Å². The van der Waals surface area contributed by atoms with Crippen LogP contribution in [0.25, 0.3) is 0 Å². The van der Waals surface area contributed by atoms with Crippen molar-refractivity contribution < 1.29 is 4.74 Å². The van der Waals surface area contributed by atoms with Crippen molar-refractivity contribution in [1.29, 1.82) is 0 Å². The van der Waals surface area contributed by atoms with E-state index in [4.69, 9.17) is 10.5 Å². The highest BCUT2D eigenvalue weighted by Crippen LogP contribution is 2.10. The molecule has 2 rings (SSSR count). The lowest BCUT2D eigenvalue weighted by Gasteiger charge is -2.35. The number of hydrogen-bond donors (Lipinski definition) is 1. The van der Waals surface area contributed by atoms with Crippen molar-refractivity contribution in [3.8, 4) is 0 Å². The van der Waals surface area contributed by atoms with Gasteiger partial charge in [-0.05, 0) is 13.8 Å². The van der Waals surface area contributed by atoms with E-state index in [-0.39, 0.29) is 6.10 Å². The molecule has 2 heterocycles. The highest BCUT2D eigenvalue weighted by atomic mass is 16.5. The summed E-state index contributed by atoms with van der Waals surface area (Å²) in [5.74, 6) is 0.316. The molecule has 6 heteroatoms. The van der Waals surface area contributed by atoms with Crippen molar-refractivity contribution in [2.75, 3.05) is 25.4 Å². The van der Waals surface area contributed by atoms with Gasteiger partial charge >= 0.3 is 0 Å². The van der Waals surface area contributed by atoms with Gasteiger partial charge in [-0.2, -0.15) is 0 Å². The molecule has 6 nitrogen and oxygen atoms in total. The molecule has 1 aromatic rings. The zero-order chi connectivity index (χ0) is 11.5. The molecule has 0 saturated carbocycles. The quantitative estimate of drug-likeness (QED) is 0.782. The summed E-state index contributed by atoms with van der Waals surface area (Å²) in [6.07, 6.45) is 1.82. The summed E-state index contributed by atoms with van der Waals surface area (Å²) in [6, 6.07) is 0.562. The van der Waals surface area contributed by atoms with Gasteiger partial charge in [0.15, 0.2) is 0 Å². The molecule has 1 aliphatic heterocycles. The molecule has 16 heavy (non-hydrogen) atoms. The van der Waals surface area contributed by atoms with E-state index in [9.17, 15) is 0 Å². The second kappa shape index (κ2) is 4.80. The van der Waals surface area contributed by atoms with Crippen LogP contribution in [0.3, 0.4) is 0 Å². The van der Waals surface area contributed by atoms with E-state index in [1.165, 1.54) is 0 Å². The highest BCUT2D eigenvalue weighted by Gasteiger charge is 2.22. The van der Waals surface area contributed by atoms with E-state index in [1.807, 2.05) is 0 Å². The minimum absolute atomic E-state index is 0.178. The molecular formula is C10H19N5O. The number of nitrogens with zero attached hydrogens (tertiary/aromatic N) is 4. The van der Waals surface area contributed by atoms with Crippen LogP contribution in [0.2, 0.25) is 0 Å². The molecule has 0 radical (unpaired) electrons. The normalized spacial score (nSPS) is 22.8. The Morgan fingerprint density at radius 1 is 1.62 bits per heavy atom. The van der Waals surface area contributed by atoms with Crippen molar-refractivity contribution in [2.45, 2.75) is 32.5 Å². The van der Waals surface area contributed by atoms with Gasteiger partial charge in [0.05, 0.1) is 19.3 Å². The first-order valence-corrected chi connectivity index (χ1v) is 5.65. The summed E-state index contributed by atoms with van der Waals surface area (Å²) in [5, 5.41) is 4.06. The lowest BCUT2D eigenvalue weighted by atomic mass is 10.2. The number of nitrogen functional groups attached to an aromatic ring is 1. The maximum atomic E-state index is 5.70. The highest BCUT2D eigenvalue weighted by molar-refractivity contribution is 5.09. The van der Waals surface area contributed by atoms with Gasteiger partial charge in [0.2, 0.25) is 5.95 Å². The Balaban J connectivity index is 1.90. The van der Waals surface area contributed by atoms with Crippen LogP contribution >= 0.6 is 0 Å². The molecule has 1 fully saturated rings. The molecule has 1 unspecified atom stereocenters. The summed E-state index contributed by atoms with van der Waals surface area (Å²) < 4.78 is 7.44. The molecule has 0 spiro atoms. The molecule has 1 aromatic heterocycles. The monoisotopic (exact) mass is 225 g/mol. The van der Waals surface area contributed by atoms with Gasteiger partial charge in [-0.1, -0.05) is 0 Å². The lowest BCUT2D eigenvalue weighted by molar-refractivity contribution is -0.0469. The SMILES string of the molecule is CC(C)N1CCOC(Cn2cnc(N)n2)C1. The van der Waals surface area contributed by atoms with Crippen LogP contribution in [0, 0.1) is 0 Å². The Morgan fingerprint density at radius 3 is 3.06 bits per heavy atom. The largest absolute Gasteiger partial charge is 0.374 e. The smallest absolute Gasteiger partial charge is 0.239 e. The predicted molar refractivity (Wildman–Crippen MR) is 60.9 cm³/mol. The summed E-state index contributed by atoms with van der Waals surface area (Å²) in [7, 11) is 0. The Bertz CT molecular complexity index is 338. The average Bonchev–Trinajstić information content (AvgIpc) is 2.64. The van der Waals surface area contributed by atoms with Crippen LogP contribution in [0.15, 0.2) is 6.33 Å². The van der Waals surface area contributed by atoms with E-state index in [1.54, 1.807) is 11.0 Å². The van der Waals surface area contributed by atoms with Crippen molar-refractivity contribution >= 4 is 5.95 Å². The molecule has 1 atom stereocenters.